The van der Waals surface area contributed by atoms with Gasteiger partial charge in [-0.1, -0.05) is 104 Å². The minimum Gasteiger partial charge on any atom is -0.379 e. The van der Waals surface area contributed by atoms with Crippen molar-refractivity contribution < 1.29 is 23.7 Å². The van der Waals surface area contributed by atoms with Gasteiger partial charge in [-0.25, -0.2) is 0 Å². The highest BCUT2D eigenvalue weighted by atomic mass is 16.6. The first-order valence-electron chi connectivity index (χ1n) is 14.3. The highest BCUT2D eigenvalue weighted by Gasteiger charge is 1.96. The van der Waals surface area contributed by atoms with Gasteiger partial charge in [0.15, 0.2) is 0 Å². The Balaban J connectivity index is 2.99. The quantitative estimate of drug-likeness (QED) is 0.102. The fourth-order valence-corrected chi connectivity index (χ4v) is 3.66. The SMILES string of the molecule is CCCCCCCCCCOCCOCCOCCOCCOCCCCCCCCCC. The predicted molar refractivity (Wildman–Crippen MR) is 139 cm³/mol. The average Bonchev–Trinajstić information content (AvgIpc) is 2.83. The van der Waals surface area contributed by atoms with Crippen molar-refractivity contribution in [2.45, 2.75) is 117 Å². The fraction of sp³-hybridized carbons (Fsp3) is 1.00. The van der Waals surface area contributed by atoms with Crippen LogP contribution in [0.5, 0.6) is 0 Å². The van der Waals surface area contributed by atoms with E-state index in [1.807, 2.05) is 0 Å². The van der Waals surface area contributed by atoms with Crippen molar-refractivity contribution in [1.82, 2.24) is 0 Å². The number of rotatable bonds is 30. The van der Waals surface area contributed by atoms with Gasteiger partial charge in [-0.2, -0.15) is 0 Å². The molecule has 0 N–H and O–H groups in total. The summed E-state index contributed by atoms with van der Waals surface area (Å²) in [7, 11) is 0. The Labute approximate surface area is 206 Å². The van der Waals surface area contributed by atoms with E-state index in [0.717, 1.165) is 13.2 Å². The molecule has 5 nitrogen and oxygen atoms in total. The fourth-order valence-electron chi connectivity index (χ4n) is 3.66. The van der Waals surface area contributed by atoms with E-state index in [9.17, 15) is 0 Å². The molecule has 0 radical (unpaired) electrons. The van der Waals surface area contributed by atoms with Crippen molar-refractivity contribution in [2.75, 3.05) is 66.1 Å². The maximum Gasteiger partial charge on any atom is 0.0701 e. The predicted octanol–water partition coefficient (Wildman–Crippen LogP) is 7.35. The molecule has 0 aromatic heterocycles. The van der Waals surface area contributed by atoms with Crippen molar-refractivity contribution in [2.24, 2.45) is 0 Å². The molecule has 0 unspecified atom stereocenters. The summed E-state index contributed by atoms with van der Waals surface area (Å²) in [5.74, 6) is 0. The van der Waals surface area contributed by atoms with Crippen LogP contribution in [0.1, 0.15) is 117 Å². The van der Waals surface area contributed by atoms with Crippen LogP contribution in [0, 0.1) is 0 Å². The molecular weight excluding hydrogens is 416 g/mol. The number of ether oxygens (including phenoxy) is 5. The molecule has 0 saturated heterocycles. The molecule has 0 amide bonds. The smallest absolute Gasteiger partial charge is 0.0701 e. The Kier molecular flexibility index (Phi) is 31.6. The molecule has 33 heavy (non-hydrogen) atoms. The molecular formula is C28H58O5. The molecule has 0 fully saturated rings. The largest absolute Gasteiger partial charge is 0.379 e. The molecule has 0 aliphatic heterocycles. The third kappa shape index (κ3) is 31.8. The molecule has 0 heterocycles. The first-order chi connectivity index (χ1) is 16.4. The highest BCUT2D eigenvalue weighted by Crippen LogP contribution is 2.09. The lowest BCUT2D eigenvalue weighted by Gasteiger charge is -2.08. The van der Waals surface area contributed by atoms with E-state index in [4.69, 9.17) is 23.7 Å². The van der Waals surface area contributed by atoms with Crippen molar-refractivity contribution in [3.05, 3.63) is 0 Å². The molecule has 200 valence electrons. The Hall–Kier alpha value is -0.200. The van der Waals surface area contributed by atoms with Crippen LogP contribution in [0.3, 0.4) is 0 Å². The third-order valence-corrected chi connectivity index (χ3v) is 5.77. The second-order valence-electron chi connectivity index (χ2n) is 9.01. The zero-order valence-electron chi connectivity index (χ0n) is 22.4. The van der Waals surface area contributed by atoms with E-state index >= 15 is 0 Å². The molecule has 0 bridgehead atoms. The molecule has 0 rings (SSSR count). The van der Waals surface area contributed by atoms with Crippen LogP contribution in [0.4, 0.5) is 0 Å². The topological polar surface area (TPSA) is 46.2 Å². The monoisotopic (exact) mass is 474 g/mol. The molecule has 0 atom stereocenters. The van der Waals surface area contributed by atoms with Gasteiger partial charge in [-0.3, -0.25) is 0 Å². The summed E-state index contributed by atoms with van der Waals surface area (Å²) in [5, 5.41) is 0. The Bertz CT molecular complexity index is 297. The van der Waals surface area contributed by atoms with Gasteiger partial charge >= 0.3 is 0 Å². The zero-order valence-corrected chi connectivity index (χ0v) is 22.4. The standard InChI is InChI=1S/C28H58O5/c1-3-5-7-9-11-13-15-17-19-29-21-23-31-25-27-33-28-26-32-24-22-30-20-18-16-14-12-10-8-6-4-2/h3-28H2,1-2H3. The molecule has 0 aromatic carbocycles. The van der Waals surface area contributed by atoms with Gasteiger partial charge in [0.05, 0.1) is 52.9 Å². The van der Waals surface area contributed by atoms with Gasteiger partial charge in [0.25, 0.3) is 0 Å². The second-order valence-corrected chi connectivity index (χ2v) is 9.01. The summed E-state index contributed by atoms with van der Waals surface area (Å²) in [5.41, 5.74) is 0. The van der Waals surface area contributed by atoms with Crippen LogP contribution in [0.25, 0.3) is 0 Å². The third-order valence-electron chi connectivity index (χ3n) is 5.77. The van der Waals surface area contributed by atoms with Crippen LogP contribution in [-0.2, 0) is 23.7 Å². The van der Waals surface area contributed by atoms with Crippen LogP contribution in [0.2, 0.25) is 0 Å². The summed E-state index contributed by atoms with van der Waals surface area (Å²) in [6.45, 7) is 11.3. The van der Waals surface area contributed by atoms with E-state index in [1.165, 1.54) is 103 Å². The van der Waals surface area contributed by atoms with Crippen LogP contribution in [0.15, 0.2) is 0 Å². The molecule has 0 aliphatic carbocycles. The van der Waals surface area contributed by atoms with Crippen molar-refractivity contribution >= 4 is 0 Å². The summed E-state index contributed by atoms with van der Waals surface area (Å²) >= 11 is 0. The van der Waals surface area contributed by atoms with Crippen LogP contribution < -0.4 is 0 Å². The van der Waals surface area contributed by atoms with E-state index in [0.29, 0.717) is 52.9 Å². The molecule has 5 heteroatoms. The number of hydrogen-bond donors (Lipinski definition) is 0. The summed E-state index contributed by atoms with van der Waals surface area (Å²) in [6, 6.07) is 0. The lowest BCUT2D eigenvalue weighted by molar-refractivity contribution is -0.0114. The summed E-state index contributed by atoms with van der Waals surface area (Å²) in [4.78, 5) is 0. The average molecular weight is 475 g/mol. The van der Waals surface area contributed by atoms with E-state index in [2.05, 4.69) is 13.8 Å². The van der Waals surface area contributed by atoms with Gasteiger partial charge < -0.3 is 23.7 Å². The van der Waals surface area contributed by atoms with Gasteiger partial charge in [0.1, 0.15) is 0 Å². The Morgan fingerprint density at radius 1 is 0.242 bits per heavy atom. The van der Waals surface area contributed by atoms with Gasteiger partial charge in [0.2, 0.25) is 0 Å². The zero-order chi connectivity index (χ0) is 23.9. The molecule has 0 spiro atoms. The van der Waals surface area contributed by atoms with E-state index in [-0.39, 0.29) is 0 Å². The highest BCUT2D eigenvalue weighted by molar-refractivity contribution is 4.47. The second kappa shape index (κ2) is 31.8. The maximum atomic E-state index is 5.62. The van der Waals surface area contributed by atoms with E-state index in [1.54, 1.807) is 0 Å². The lowest BCUT2D eigenvalue weighted by atomic mass is 10.1. The van der Waals surface area contributed by atoms with Gasteiger partial charge in [-0.05, 0) is 12.8 Å². The lowest BCUT2D eigenvalue weighted by Crippen LogP contribution is -2.13. The molecule has 0 aromatic rings. The van der Waals surface area contributed by atoms with Gasteiger partial charge in [-0.15, -0.1) is 0 Å². The normalized spacial score (nSPS) is 11.5. The molecule has 0 aliphatic rings. The molecule has 0 saturated carbocycles. The maximum absolute atomic E-state index is 5.62. The summed E-state index contributed by atoms with van der Waals surface area (Å²) < 4.78 is 27.8. The number of unbranched alkanes of at least 4 members (excludes halogenated alkanes) is 14. The summed E-state index contributed by atoms with van der Waals surface area (Å²) in [6.07, 6.45) is 21.4. The minimum absolute atomic E-state index is 0.607. The van der Waals surface area contributed by atoms with Crippen LogP contribution >= 0.6 is 0 Å². The van der Waals surface area contributed by atoms with Gasteiger partial charge in [0, 0.05) is 13.2 Å². The van der Waals surface area contributed by atoms with Crippen molar-refractivity contribution in [1.29, 1.82) is 0 Å². The van der Waals surface area contributed by atoms with Crippen molar-refractivity contribution in [3.63, 3.8) is 0 Å². The number of hydrogen-bond acceptors (Lipinski definition) is 5. The van der Waals surface area contributed by atoms with Crippen LogP contribution in [-0.4, -0.2) is 66.1 Å². The van der Waals surface area contributed by atoms with E-state index < -0.39 is 0 Å². The Morgan fingerprint density at radius 3 is 0.727 bits per heavy atom. The first kappa shape index (κ1) is 32.8. The first-order valence-corrected chi connectivity index (χ1v) is 14.3. The Morgan fingerprint density at radius 2 is 0.455 bits per heavy atom. The van der Waals surface area contributed by atoms with Crippen molar-refractivity contribution in [3.8, 4) is 0 Å². The minimum atomic E-state index is 0.607.